The van der Waals surface area contributed by atoms with Crippen LogP contribution >= 0.6 is 0 Å². The highest BCUT2D eigenvalue weighted by Crippen LogP contribution is 2.20. The average Bonchev–Trinajstić information content (AvgIpc) is 3.09. The molecule has 2 aromatic heterocycles. The SMILES string of the molecule is Cc1cc(CN2CCN(Cc3cccc(-c4ccncc4)c3)CC2)no1. The Bertz CT molecular complexity index is 838. The van der Waals surface area contributed by atoms with Crippen molar-refractivity contribution in [2.45, 2.75) is 20.0 Å². The van der Waals surface area contributed by atoms with Crippen molar-refractivity contribution in [2.24, 2.45) is 0 Å². The van der Waals surface area contributed by atoms with Gasteiger partial charge in [-0.05, 0) is 41.8 Å². The molecule has 134 valence electrons. The van der Waals surface area contributed by atoms with Crippen LogP contribution in [0.5, 0.6) is 0 Å². The molecule has 0 amide bonds. The van der Waals surface area contributed by atoms with Gasteiger partial charge in [0.05, 0.1) is 5.69 Å². The molecule has 1 saturated heterocycles. The fourth-order valence-corrected chi connectivity index (χ4v) is 3.48. The van der Waals surface area contributed by atoms with E-state index < -0.39 is 0 Å². The number of aromatic nitrogens is 2. The lowest BCUT2D eigenvalue weighted by Crippen LogP contribution is -2.45. The van der Waals surface area contributed by atoms with E-state index >= 15 is 0 Å². The van der Waals surface area contributed by atoms with Crippen molar-refractivity contribution in [3.05, 3.63) is 71.9 Å². The van der Waals surface area contributed by atoms with Crippen LogP contribution in [0.2, 0.25) is 0 Å². The zero-order valence-corrected chi connectivity index (χ0v) is 15.1. The number of hydrogen-bond donors (Lipinski definition) is 0. The molecule has 0 aliphatic carbocycles. The Morgan fingerprint density at radius 3 is 2.31 bits per heavy atom. The Hall–Kier alpha value is -2.50. The molecule has 3 heterocycles. The predicted octanol–water partition coefficient (Wildman–Crippen LogP) is 3.36. The maximum atomic E-state index is 5.16. The standard InChI is InChI=1S/C21H24N4O/c1-17-13-21(23-26-17)16-25-11-9-24(10-12-25)15-18-3-2-4-20(14-18)19-5-7-22-8-6-19/h2-8,13-14H,9-12,15-16H2,1H3. The van der Waals surface area contributed by atoms with Gasteiger partial charge in [0.1, 0.15) is 5.76 Å². The molecule has 0 saturated carbocycles. The Balaban J connectivity index is 1.33. The molecule has 1 aliphatic heterocycles. The molecular weight excluding hydrogens is 324 g/mol. The molecule has 1 fully saturated rings. The van der Waals surface area contributed by atoms with E-state index in [0.29, 0.717) is 0 Å². The highest BCUT2D eigenvalue weighted by atomic mass is 16.5. The van der Waals surface area contributed by atoms with Crippen LogP contribution in [0.4, 0.5) is 0 Å². The fourth-order valence-electron chi connectivity index (χ4n) is 3.48. The zero-order valence-electron chi connectivity index (χ0n) is 15.1. The third-order valence-electron chi connectivity index (χ3n) is 4.87. The molecule has 1 aromatic carbocycles. The van der Waals surface area contributed by atoms with Crippen molar-refractivity contribution in [3.8, 4) is 11.1 Å². The lowest BCUT2D eigenvalue weighted by atomic mass is 10.0. The molecule has 3 aromatic rings. The molecule has 0 spiro atoms. The molecule has 5 heteroatoms. The first-order chi connectivity index (χ1) is 12.8. The summed E-state index contributed by atoms with van der Waals surface area (Å²) in [7, 11) is 0. The number of hydrogen-bond acceptors (Lipinski definition) is 5. The van der Waals surface area contributed by atoms with E-state index in [1.807, 2.05) is 25.4 Å². The van der Waals surface area contributed by atoms with Gasteiger partial charge in [0, 0.05) is 57.7 Å². The largest absolute Gasteiger partial charge is 0.361 e. The van der Waals surface area contributed by atoms with Gasteiger partial charge in [-0.15, -0.1) is 0 Å². The van der Waals surface area contributed by atoms with Crippen LogP contribution in [0.3, 0.4) is 0 Å². The third kappa shape index (κ3) is 4.18. The topological polar surface area (TPSA) is 45.4 Å². The quantitative estimate of drug-likeness (QED) is 0.707. The van der Waals surface area contributed by atoms with E-state index in [4.69, 9.17) is 4.52 Å². The summed E-state index contributed by atoms with van der Waals surface area (Å²) in [5, 5.41) is 4.10. The monoisotopic (exact) mass is 348 g/mol. The van der Waals surface area contributed by atoms with Gasteiger partial charge in [-0.1, -0.05) is 23.4 Å². The maximum absolute atomic E-state index is 5.16. The van der Waals surface area contributed by atoms with Crippen molar-refractivity contribution in [2.75, 3.05) is 26.2 Å². The first-order valence-electron chi connectivity index (χ1n) is 9.12. The Kier molecular flexibility index (Phi) is 5.09. The molecule has 5 nitrogen and oxygen atoms in total. The number of benzene rings is 1. The van der Waals surface area contributed by atoms with Crippen LogP contribution in [-0.2, 0) is 13.1 Å². The summed E-state index contributed by atoms with van der Waals surface area (Å²) >= 11 is 0. The van der Waals surface area contributed by atoms with Gasteiger partial charge >= 0.3 is 0 Å². The lowest BCUT2D eigenvalue weighted by Gasteiger charge is -2.34. The Morgan fingerprint density at radius 2 is 1.62 bits per heavy atom. The van der Waals surface area contributed by atoms with E-state index in [1.54, 1.807) is 0 Å². The normalized spacial score (nSPS) is 16.0. The summed E-state index contributed by atoms with van der Waals surface area (Å²) in [6.07, 6.45) is 3.69. The molecule has 26 heavy (non-hydrogen) atoms. The molecule has 0 bridgehead atoms. The number of nitrogens with zero attached hydrogens (tertiary/aromatic N) is 4. The van der Waals surface area contributed by atoms with Gasteiger partial charge in [-0.2, -0.15) is 0 Å². The maximum Gasteiger partial charge on any atom is 0.133 e. The first-order valence-corrected chi connectivity index (χ1v) is 9.12. The van der Waals surface area contributed by atoms with Gasteiger partial charge in [0.15, 0.2) is 0 Å². The van der Waals surface area contributed by atoms with Gasteiger partial charge in [0.2, 0.25) is 0 Å². The molecule has 1 aliphatic rings. The highest BCUT2D eigenvalue weighted by molar-refractivity contribution is 5.63. The number of aryl methyl sites for hydroxylation is 1. The minimum atomic E-state index is 0.878. The third-order valence-corrected chi connectivity index (χ3v) is 4.87. The second-order valence-corrected chi connectivity index (χ2v) is 6.92. The van der Waals surface area contributed by atoms with Crippen molar-refractivity contribution in [3.63, 3.8) is 0 Å². The second-order valence-electron chi connectivity index (χ2n) is 6.92. The summed E-state index contributed by atoms with van der Waals surface area (Å²) < 4.78 is 5.16. The second kappa shape index (κ2) is 7.81. The van der Waals surface area contributed by atoms with E-state index in [1.165, 1.54) is 16.7 Å². The number of rotatable bonds is 5. The van der Waals surface area contributed by atoms with Crippen LogP contribution in [0, 0.1) is 6.92 Å². The minimum Gasteiger partial charge on any atom is -0.361 e. The summed E-state index contributed by atoms with van der Waals surface area (Å²) in [4.78, 5) is 9.07. The first kappa shape index (κ1) is 16.9. The van der Waals surface area contributed by atoms with E-state index in [9.17, 15) is 0 Å². The van der Waals surface area contributed by atoms with E-state index in [2.05, 4.69) is 56.3 Å². The summed E-state index contributed by atoms with van der Waals surface area (Å²) in [6.45, 7) is 8.10. The molecule has 0 atom stereocenters. The molecule has 0 unspecified atom stereocenters. The van der Waals surface area contributed by atoms with Crippen LogP contribution in [-0.4, -0.2) is 46.1 Å². The summed E-state index contributed by atoms with van der Waals surface area (Å²) in [6, 6.07) is 15.0. The molecule has 0 radical (unpaired) electrons. The van der Waals surface area contributed by atoms with Gasteiger partial charge in [-0.25, -0.2) is 0 Å². The highest BCUT2D eigenvalue weighted by Gasteiger charge is 2.18. The van der Waals surface area contributed by atoms with Gasteiger partial charge < -0.3 is 4.52 Å². The molecular formula is C21H24N4O. The van der Waals surface area contributed by atoms with Crippen molar-refractivity contribution in [1.29, 1.82) is 0 Å². The number of pyridine rings is 1. The van der Waals surface area contributed by atoms with Crippen molar-refractivity contribution in [1.82, 2.24) is 19.9 Å². The van der Waals surface area contributed by atoms with Gasteiger partial charge in [0.25, 0.3) is 0 Å². The van der Waals surface area contributed by atoms with Crippen LogP contribution in [0.1, 0.15) is 17.0 Å². The van der Waals surface area contributed by atoms with Crippen LogP contribution in [0.15, 0.2) is 59.4 Å². The Labute approximate surface area is 154 Å². The average molecular weight is 348 g/mol. The zero-order chi connectivity index (χ0) is 17.8. The Morgan fingerprint density at radius 1 is 0.885 bits per heavy atom. The minimum absolute atomic E-state index is 0.878. The summed E-state index contributed by atoms with van der Waals surface area (Å²) in [5.74, 6) is 0.882. The summed E-state index contributed by atoms with van der Waals surface area (Å²) in [5.41, 5.74) is 4.86. The van der Waals surface area contributed by atoms with E-state index in [-0.39, 0.29) is 0 Å². The van der Waals surface area contributed by atoms with Crippen molar-refractivity contribution < 1.29 is 4.52 Å². The van der Waals surface area contributed by atoms with Gasteiger partial charge in [-0.3, -0.25) is 14.8 Å². The molecule has 4 rings (SSSR count). The van der Waals surface area contributed by atoms with E-state index in [0.717, 1.165) is 50.7 Å². The smallest absolute Gasteiger partial charge is 0.133 e. The number of piperazine rings is 1. The van der Waals surface area contributed by atoms with Crippen LogP contribution in [0.25, 0.3) is 11.1 Å². The van der Waals surface area contributed by atoms with Crippen LogP contribution < -0.4 is 0 Å². The predicted molar refractivity (Wildman–Crippen MR) is 101 cm³/mol. The fraction of sp³-hybridized carbons (Fsp3) is 0.333. The molecule has 0 N–H and O–H groups in total. The van der Waals surface area contributed by atoms with Crippen molar-refractivity contribution >= 4 is 0 Å². The lowest BCUT2D eigenvalue weighted by molar-refractivity contribution is 0.120.